The van der Waals surface area contributed by atoms with Crippen LogP contribution in [-0.2, 0) is 19.2 Å². The first kappa shape index (κ1) is 25.8. The molecule has 162 valence electrons. The summed E-state index contributed by atoms with van der Waals surface area (Å²) in [5.74, 6) is -3.90. The van der Waals surface area contributed by atoms with Crippen LogP contribution in [0.25, 0.3) is 0 Å². The number of carbonyl (C=O) groups is 4. The molecule has 7 unspecified atom stereocenters. The molecule has 0 aromatic heterocycles. The summed E-state index contributed by atoms with van der Waals surface area (Å²) in [6.45, 7) is 7.42. The third-order valence-corrected chi connectivity index (χ3v) is 4.41. The zero-order valence-electron chi connectivity index (χ0n) is 16.8. The second-order valence-corrected chi connectivity index (χ2v) is 6.93. The average Bonchev–Trinajstić information content (AvgIpc) is 2.61. The van der Waals surface area contributed by atoms with Gasteiger partial charge >= 0.3 is 5.97 Å². The van der Waals surface area contributed by atoms with Gasteiger partial charge in [0.2, 0.25) is 17.7 Å². The van der Waals surface area contributed by atoms with E-state index in [1.807, 2.05) is 6.92 Å². The summed E-state index contributed by atoms with van der Waals surface area (Å²) >= 11 is 0. The van der Waals surface area contributed by atoms with Crippen LogP contribution < -0.4 is 21.7 Å². The number of nitrogens with one attached hydrogen (secondary N) is 3. The predicted octanol–water partition coefficient (Wildman–Crippen LogP) is -2.32. The highest BCUT2D eigenvalue weighted by molar-refractivity contribution is 5.94. The van der Waals surface area contributed by atoms with Crippen molar-refractivity contribution in [3.8, 4) is 0 Å². The lowest BCUT2D eigenvalue weighted by atomic mass is 9.97. The summed E-state index contributed by atoms with van der Waals surface area (Å²) in [4.78, 5) is 47.8. The minimum absolute atomic E-state index is 0.301. The van der Waals surface area contributed by atoms with Crippen molar-refractivity contribution in [2.45, 2.75) is 77.4 Å². The third kappa shape index (κ3) is 7.79. The fourth-order valence-electron chi connectivity index (χ4n) is 2.21. The van der Waals surface area contributed by atoms with Crippen LogP contribution in [0, 0.1) is 5.92 Å². The molecule has 0 bridgehead atoms. The smallest absolute Gasteiger partial charge is 0.328 e. The monoisotopic (exact) mass is 404 g/mol. The number of carbonyl (C=O) groups excluding carboxylic acids is 3. The summed E-state index contributed by atoms with van der Waals surface area (Å²) < 4.78 is 0. The van der Waals surface area contributed by atoms with Crippen LogP contribution >= 0.6 is 0 Å². The highest BCUT2D eigenvalue weighted by Crippen LogP contribution is 2.09. The normalized spacial score (nSPS) is 18.6. The number of aliphatic hydroxyl groups excluding tert-OH is 2. The lowest BCUT2D eigenvalue weighted by molar-refractivity contribution is -0.145. The number of rotatable bonds is 11. The number of carboxylic acids is 1. The van der Waals surface area contributed by atoms with Crippen molar-refractivity contribution >= 4 is 23.7 Å². The van der Waals surface area contributed by atoms with E-state index in [1.54, 1.807) is 6.92 Å². The van der Waals surface area contributed by atoms with Gasteiger partial charge in [-0.05, 0) is 26.7 Å². The number of carboxylic acid groups (broad SMARTS) is 1. The molecule has 0 spiro atoms. The molecule has 11 heteroatoms. The van der Waals surface area contributed by atoms with Gasteiger partial charge < -0.3 is 37.0 Å². The zero-order valence-corrected chi connectivity index (χ0v) is 16.8. The zero-order chi connectivity index (χ0) is 22.2. The van der Waals surface area contributed by atoms with E-state index in [0.717, 1.165) is 0 Å². The maximum atomic E-state index is 12.6. The summed E-state index contributed by atoms with van der Waals surface area (Å²) in [5.41, 5.74) is 5.57. The standard InChI is InChI=1S/C17H32N4O7/c1-6-7(2)12(20-15(25)11(18)9(4)22)16(26)19-8(3)14(24)21-13(10(5)23)17(27)28/h7-13,22-23H,6,18H2,1-5H3,(H,19,26)(H,20,25)(H,21,24)(H,27,28). The first-order valence-corrected chi connectivity index (χ1v) is 9.09. The lowest BCUT2D eigenvalue weighted by Crippen LogP contribution is -2.59. The highest BCUT2D eigenvalue weighted by atomic mass is 16.4. The molecule has 0 saturated carbocycles. The topological polar surface area (TPSA) is 191 Å². The molecule has 0 aliphatic rings. The van der Waals surface area contributed by atoms with Crippen LogP contribution in [0.2, 0.25) is 0 Å². The fraction of sp³-hybridized carbons (Fsp3) is 0.765. The number of aliphatic carboxylic acids is 1. The Balaban J connectivity index is 5.13. The molecule has 3 amide bonds. The largest absolute Gasteiger partial charge is 0.480 e. The van der Waals surface area contributed by atoms with E-state index < -0.39 is 60.1 Å². The van der Waals surface area contributed by atoms with Gasteiger partial charge in [0.1, 0.15) is 18.1 Å². The predicted molar refractivity (Wildman–Crippen MR) is 99.9 cm³/mol. The number of amides is 3. The molecule has 0 saturated heterocycles. The van der Waals surface area contributed by atoms with Crippen molar-refractivity contribution in [3.63, 3.8) is 0 Å². The van der Waals surface area contributed by atoms with E-state index in [4.69, 9.17) is 10.8 Å². The first-order valence-electron chi connectivity index (χ1n) is 9.09. The van der Waals surface area contributed by atoms with E-state index in [0.29, 0.717) is 6.42 Å². The Morgan fingerprint density at radius 2 is 1.32 bits per heavy atom. The van der Waals surface area contributed by atoms with Crippen molar-refractivity contribution < 1.29 is 34.5 Å². The summed E-state index contributed by atoms with van der Waals surface area (Å²) in [6, 6.07) is -4.88. The molecule has 0 aliphatic heterocycles. The molecule has 0 aliphatic carbocycles. The Hall–Kier alpha value is -2.24. The maximum Gasteiger partial charge on any atom is 0.328 e. The summed E-state index contributed by atoms with van der Waals surface area (Å²) in [7, 11) is 0. The molecule has 0 heterocycles. The van der Waals surface area contributed by atoms with Crippen LogP contribution in [0.5, 0.6) is 0 Å². The summed E-state index contributed by atoms with van der Waals surface area (Å²) in [5, 5.41) is 34.9. The van der Waals surface area contributed by atoms with Gasteiger partial charge in [-0.15, -0.1) is 0 Å². The van der Waals surface area contributed by atoms with Crippen molar-refractivity contribution in [3.05, 3.63) is 0 Å². The highest BCUT2D eigenvalue weighted by Gasteiger charge is 2.32. The van der Waals surface area contributed by atoms with Crippen LogP contribution in [0.3, 0.4) is 0 Å². The van der Waals surface area contributed by atoms with Gasteiger partial charge in [-0.25, -0.2) is 4.79 Å². The van der Waals surface area contributed by atoms with Gasteiger partial charge in [-0.1, -0.05) is 20.3 Å². The molecular formula is C17H32N4O7. The van der Waals surface area contributed by atoms with Gasteiger partial charge in [0.05, 0.1) is 12.2 Å². The van der Waals surface area contributed by atoms with Crippen LogP contribution in [0.15, 0.2) is 0 Å². The fourth-order valence-corrected chi connectivity index (χ4v) is 2.21. The number of hydrogen-bond donors (Lipinski definition) is 7. The van der Waals surface area contributed by atoms with E-state index in [1.165, 1.54) is 20.8 Å². The number of hydrogen-bond acceptors (Lipinski definition) is 7. The Labute approximate surface area is 164 Å². The second kappa shape index (κ2) is 11.6. The summed E-state index contributed by atoms with van der Waals surface area (Å²) in [6.07, 6.45) is -1.91. The van der Waals surface area contributed by atoms with Gasteiger partial charge in [-0.3, -0.25) is 14.4 Å². The molecular weight excluding hydrogens is 372 g/mol. The molecule has 0 rings (SSSR count). The van der Waals surface area contributed by atoms with Gasteiger partial charge in [0, 0.05) is 0 Å². The van der Waals surface area contributed by atoms with E-state index in [2.05, 4.69) is 16.0 Å². The van der Waals surface area contributed by atoms with Crippen LogP contribution in [0.1, 0.15) is 41.0 Å². The number of aliphatic hydroxyl groups is 2. The van der Waals surface area contributed by atoms with Crippen molar-refractivity contribution in [1.29, 1.82) is 0 Å². The average molecular weight is 404 g/mol. The molecule has 0 radical (unpaired) electrons. The van der Waals surface area contributed by atoms with Crippen LogP contribution in [0.4, 0.5) is 0 Å². The SMILES string of the molecule is CCC(C)C(NC(=O)C(N)C(C)O)C(=O)NC(C)C(=O)NC(C(=O)O)C(C)O. The van der Waals surface area contributed by atoms with Crippen molar-refractivity contribution in [2.75, 3.05) is 0 Å². The molecule has 0 fully saturated rings. The van der Waals surface area contributed by atoms with Gasteiger partial charge in [0.25, 0.3) is 0 Å². The third-order valence-electron chi connectivity index (χ3n) is 4.41. The molecule has 0 aromatic rings. The molecule has 11 nitrogen and oxygen atoms in total. The van der Waals surface area contributed by atoms with Crippen molar-refractivity contribution in [2.24, 2.45) is 11.7 Å². The maximum absolute atomic E-state index is 12.6. The molecule has 7 atom stereocenters. The minimum atomic E-state index is -1.53. The number of nitrogens with two attached hydrogens (primary N) is 1. The minimum Gasteiger partial charge on any atom is -0.480 e. The van der Waals surface area contributed by atoms with E-state index >= 15 is 0 Å². The lowest BCUT2D eigenvalue weighted by Gasteiger charge is -2.27. The van der Waals surface area contributed by atoms with Crippen molar-refractivity contribution in [1.82, 2.24) is 16.0 Å². The second-order valence-electron chi connectivity index (χ2n) is 6.93. The first-order chi connectivity index (χ1) is 12.8. The molecule has 0 aromatic carbocycles. The Morgan fingerprint density at radius 1 is 0.821 bits per heavy atom. The van der Waals surface area contributed by atoms with Crippen LogP contribution in [-0.4, -0.2) is 75.4 Å². The van der Waals surface area contributed by atoms with Gasteiger partial charge in [0.15, 0.2) is 6.04 Å². The van der Waals surface area contributed by atoms with Gasteiger partial charge in [-0.2, -0.15) is 0 Å². The quantitative estimate of drug-likeness (QED) is 0.199. The molecule has 28 heavy (non-hydrogen) atoms. The Bertz CT molecular complexity index is 568. The Morgan fingerprint density at radius 3 is 1.71 bits per heavy atom. The van der Waals surface area contributed by atoms with E-state index in [9.17, 15) is 29.4 Å². The molecule has 8 N–H and O–H groups in total. The Kier molecular flexibility index (Phi) is 10.6. The van der Waals surface area contributed by atoms with E-state index in [-0.39, 0.29) is 5.92 Å².